The molecule has 0 aromatic rings. The summed E-state index contributed by atoms with van der Waals surface area (Å²) in [6, 6.07) is 0.232. The molecule has 3 atom stereocenters. The fourth-order valence-corrected chi connectivity index (χ4v) is 3.26. The lowest BCUT2D eigenvalue weighted by molar-refractivity contribution is -0.144. The molecule has 1 N–H and O–H groups in total. The summed E-state index contributed by atoms with van der Waals surface area (Å²) in [5.41, 5.74) is 0. The molecule has 2 fully saturated rings. The highest BCUT2D eigenvalue weighted by molar-refractivity contribution is 5.71. The molecule has 1 saturated carbocycles. The van der Waals surface area contributed by atoms with Gasteiger partial charge in [0.25, 0.3) is 0 Å². The van der Waals surface area contributed by atoms with Crippen LogP contribution in [0.5, 0.6) is 0 Å². The molecule has 1 heterocycles. The van der Waals surface area contributed by atoms with E-state index in [1.807, 2.05) is 0 Å². The van der Waals surface area contributed by atoms with Crippen molar-refractivity contribution in [1.82, 2.24) is 4.90 Å². The molecular weight excluding hydrogens is 218 g/mol. The van der Waals surface area contributed by atoms with Gasteiger partial charge < -0.3 is 9.84 Å². The zero-order chi connectivity index (χ0) is 12.3. The molecule has 1 aliphatic heterocycles. The van der Waals surface area contributed by atoms with E-state index in [1.54, 1.807) is 7.11 Å². The third-order valence-corrected chi connectivity index (χ3v) is 4.28. The van der Waals surface area contributed by atoms with Crippen molar-refractivity contribution in [2.45, 2.75) is 50.7 Å². The van der Waals surface area contributed by atoms with Gasteiger partial charge in [-0.1, -0.05) is 19.3 Å². The lowest BCUT2D eigenvalue weighted by Gasteiger charge is -2.31. The zero-order valence-electron chi connectivity index (χ0n) is 10.6. The summed E-state index contributed by atoms with van der Waals surface area (Å²) in [7, 11) is 1.75. The first-order chi connectivity index (χ1) is 8.22. The summed E-state index contributed by atoms with van der Waals surface area (Å²) in [6.45, 7) is 1.90. The number of aliphatic carboxylic acids is 1. The van der Waals surface area contributed by atoms with Crippen LogP contribution in [0.15, 0.2) is 0 Å². The van der Waals surface area contributed by atoms with Gasteiger partial charge in [0, 0.05) is 26.2 Å². The van der Waals surface area contributed by atoms with Crippen LogP contribution >= 0.6 is 0 Å². The van der Waals surface area contributed by atoms with Gasteiger partial charge in [-0.25, -0.2) is 0 Å². The Morgan fingerprint density at radius 3 is 2.65 bits per heavy atom. The van der Waals surface area contributed by atoms with Crippen molar-refractivity contribution in [1.29, 1.82) is 0 Å². The maximum Gasteiger partial charge on any atom is 0.308 e. The number of likely N-dealkylation sites (tertiary alicyclic amines) is 1. The first-order valence-corrected chi connectivity index (χ1v) is 6.72. The first-order valence-electron chi connectivity index (χ1n) is 6.72. The van der Waals surface area contributed by atoms with Crippen LogP contribution in [-0.4, -0.2) is 48.3 Å². The molecule has 0 amide bonds. The van der Waals surface area contributed by atoms with E-state index in [-0.39, 0.29) is 12.0 Å². The van der Waals surface area contributed by atoms with Crippen LogP contribution in [0.3, 0.4) is 0 Å². The predicted molar refractivity (Wildman–Crippen MR) is 65.0 cm³/mol. The zero-order valence-corrected chi connectivity index (χ0v) is 10.6. The van der Waals surface area contributed by atoms with Crippen LogP contribution < -0.4 is 0 Å². The third kappa shape index (κ3) is 2.99. The summed E-state index contributed by atoms with van der Waals surface area (Å²) < 4.78 is 5.37. The fourth-order valence-electron chi connectivity index (χ4n) is 3.26. The largest absolute Gasteiger partial charge is 0.481 e. The Bertz CT molecular complexity index is 269. The Morgan fingerprint density at radius 1 is 1.24 bits per heavy atom. The number of rotatable bonds is 3. The van der Waals surface area contributed by atoms with Crippen LogP contribution in [0.1, 0.15) is 38.5 Å². The van der Waals surface area contributed by atoms with Crippen molar-refractivity contribution in [3.8, 4) is 0 Å². The second-order valence-corrected chi connectivity index (χ2v) is 5.29. The molecule has 98 valence electrons. The molecule has 3 unspecified atom stereocenters. The van der Waals surface area contributed by atoms with Crippen LogP contribution in [0.4, 0.5) is 0 Å². The van der Waals surface area contributed by atoms with E-state index < -0.39 is 5.97 Å². The van der Waals surface area contributed by atoms with Crippen molar-refractivity contribution in [2.24, 2.45) is 5.92 Å². The Hall–Kier alpha value is -0.610. The van der Waals surface area contributed by atoms with Gasteiger partial charge in [-0.2, -0.15) is 0 Å². The molecule has 17 heavy (non-hydrogen) atoms. The van der Waals surface area contributed by atoms with Crippen molar-refractivity contribution < 1.29 is 14.6 Å². The molecule has 4 nitrogen and oxygen atoms in total. The highest BCUT2D eigenvalue weighted by Crippen LogP contribution is 2.30. The van der Waals surface area contributed by atoms with Gasteiger partial charge in [0.1, 0.15) is 0 Å². The maximum absolute atomic E-state index is 11.4. The average Bonchev–Trinajstić information content (AvgIpc) is 2.65. The molecule has 1 saturated heterocycles. The van der Waals surface area contributed by atoms with Gasteiger partial charge >= 0.3 is 5.97 Å². The van der Waals surface area contributed by atoms with Gasteiger partial charge in [0.2, 0.25) is 0 Å². The minimum atomic E-state index is -0.613. The van der Waals surface area contributed by atoms with Crippen molar-refractivity contribution in [3.05, 3.63) is 0 Å². The molecule has 0 bridgehead atoms. The Balaban J connectivity index is 2.02. The van der Waals surface area contributed by atoms with Crippen LogP contribution in [0, 0.1) is 5.92 Å². The minimum absolute atomic E-state index is 0.173. The number of hydrogen-bond donors (Lipinski definition) is 1. The Labute approximate surface area is 103 Å². The maximum atomic E-state index is 11.4. The van der Waals surface area contributed by atoms with Crippen LogP contribution in [0.2, 0.25) is 0 Å². The van der Waals surface area contributed by atoms with E-state index in [0.717, 1.165) is 38.8 Å². The Kier molecular flexibility index (Phi) is 4.40. The van der Waals surface area contributed by atoms with Crippen LogP contribution in [-0.2, 0) is 9.53 Å². The second kappa shape index (κ2) is 5.83. The number of carbonyl (C=O) groups is 1. The number of hydrogen-bond acceptors (Lipinski definition) is 3. The average molecular weight is 241 g/mol. The smallest absolute Gasteiger partial charge is 0.308 e. The number of methoxy groups -OCH3 is 1. The summed E-state index contributed by atoms with van der Waals surface area (Å²) >= 11 is 0. The molecule has 2 aliphatic rings. The highest BCUT2D eigenvalue weighted by atomic mass is 16.5. The van der Waals surface area contributed by atoms with Crippen LogP contribution in [0.25, 0.3) is 0 Å². The standard InChI is InChI=1S/C13H23NO3/c1-17-10-7-8-14(9-10)12-6-4-2-3-5-11(12)13(15)16/h10-12H,2-9H2,1H3,(H,15,16). The topological polar surface area (TPSA) is 49.8 Å². The molecule has 1 aliphatic carbocycles. The van der Waals surface area contributed by atoms with Gasteiger partial charge in [-0.05, 0) is 19.3 Å². The lowest BCUT2D eigenvalue weighted by Crippen LogP contribution is -2.42. The van der Waals surface area contributed by atoms with Crippen molar-refractivity contribution in [2.75, 3.05) is 20.2 Å². The van der Waals surface area contributed by atoms with E-state index in [2.05, 4.69) is 4.90 Å². The fraction of sp³-hybridized carbons (Fsp3) is 0.923. The molecule has 0 spiro atoms. The first kappa shape index (κ1) is 12.8. The highest BCUT2D eigenvalue weighted by Gasteiger charge is 2.36. The third-order valence-electron chi connectivity index (χ3n) is 4.28. The van der Waals surface area contributed by atoms with Gasteiger partial charge in [0.15, 0.2) is 0 Å². The normalized spacial score (nSPS) is 35.7. The summed E-state index contributed by atoms with van der Waals surface area (Å²) in [5, 5.41) is 9.36. The van der Waals surface area contributed by atoms with E-state index in [9.17, 15) is 9.90 Å². The molecule has 0 radical (unpaired) electrons. The van der Waals surface area contributed by atoms with Gasteiger partial charge in [-0.15, -0.1) is 0 Å². The molecule has 2 rings (SSSR count). The SMILES string of the molecule is COC1CCN(C2CCCCCC2C(=O)O)C1. The van der Waals surface area contributed by atoms with Crippen molar-refractivity contribution >= 4 is 5.97 Å². The quantitative estimate of drug-likeness (QED) is 0.765. The van der Waals surface area contributed by atoms with E-state index in [4.69, 9.17) is 4.74 Å². The summed E-state index contributed by atoms with van der Waals surface area (Å²) in [4.78, 5) is 13.7. The monoisotopic (exact) mass is 241 g/mol. The van der Waals surface area contributed by atoms with E-state index in [1.165, 1.54) is 12.8 Å². The second-order valence-electron chi connectivity index (χ2n) is 5.29. The molecular formula is C13H23NO3. The van der Waals surface area contributed by atoms with E-state index in [0.29, 0.717) is 6.10 Å². The van der Waals surface area contributed by atoms with Gasteiger partial charge in [-0.3, -0.25) is 9.69 Å². The summed E-state index contributed by atoms with van der Waals surface area (Å²) in [6.07, 6.45) is 6.63. The molecule has 0 aromatic carbocycles. The lowest BCUT2D eigenvalue weighted by atomic mass is 9.94. The van der Waals surface area contributed by atoms with Gasteiger partial charge in [0.05, 0.1) is 12.0 Å². The molecule has 0 aromatic heterocycles. The molecule has 4 heteroatoms. The number of ether oxygens (including phenoxy) is 1. The number of nitrogens with zero attached hydrogens (tertiary/aromatic N) is 1. The number of carboxylic acids is 1. The summed E-state index contributed by atoms with van der Waals surface area (Å²) in [5.74, 6) is -0.786. The Morgan fingerprint density at radius 2 is 2.00 bits per heavy atom. The minimum Gasteiger partial charge on any atom is -0.481 e. The predicted octanol–water partition coefficient (Wildman–Crippen LogP) is 1.74. The van der Waals surface area contributed by atoms with E-state index >= 15 is 0 Å². The number of carboxylic acid groups (broad SMARTS) is 1. The van der Waals surface area contributed by atoms with Crippen molar-refractivity contribution in [3.63, 3.8) is 0 Å².